The molecular formula is C9H6BrNO. The lowest BCUT2D eigenvalue weighted by Crippen LogP contribution is -1.89. The number of pyridine rings is 1. The van der Waals surface area contributed by atoms with Gasteiger partial charge in [0.15, 0.2) is 0 Å². The van der Waals surface area contributed by atoms with Crippen molar-refractivity contribution in [1.82, 2.24) is 4.98 Å². The van der Waals surface area contributed by atoms with Gasteiger partial charge in [-0.1, -0.05) is 6.08 Å². The van der Waals surface area contributed by atoms with Crippen LogP contribution in [0.3, 0.4) is 0 Å². The third-order valence-electron chi connectivity index (χ3n) is 1.89. The average molecular weight is 224 g/mol. The van der Waals surface area contributed by atoms with Gasteiger partial charge in [-0.05, 0) is 22.0 Å². The number of nitrogens with zero attached hydrogens (tertiary/aromatic N) is 1. The third kappa shape index (κ3) is 1.10. The Bertz CT molecular complexity index is 371. The summed E-state index contributed by atoms with van der Waals surface area (Å²) in [5.74, 6) is 0. The zero-order chi connectivity index (χ0) is 8.55. The number of hydrogen-bond acceptors (Lipinski definition) is 2. The summed E-state index contributed by atoms with van der Waals surface area (Å²) in [5.41, 5.74) is 2.69. The van der Waals surface area contributed by atoms with E-state index in [1.807, 2.05) is 12.1 Å². The van der Waals surface area contributed by atoms with E-state index in [1.54, 1.807) is 6.20 Å². The highest BCUT2D eigenvalue weighted by Crippen LogP contribution is 2.26. The first-order valence-corrected chi connectivity index (χ1v) is 4.40. The Kier molecular flexibility index (Phi) is 1.81. The molecule has 12 heavy (non-hydrogen) atoms. The first-order valence-electron chi connectivity index (χ1n) is 3.61. The van der Waals surface area contributed by atoms with Crippen LogP contribution in [-0.4, -0.2) is 11.3 Å². The minimum atomic E-state index is 0.749. The van der Waals surface area contributed by atoms with Crippen molar-refractivity contribution in [1.29, 1.82) is 0 Å². The number of aromatic nitrogens is 1. The summed E-state index contributed by atoms with van der Waals surface area (Å²) < 4.78 is 0.913. The first-order chi connectivity index (χ1) is 5.81. The molecule has 0 saturated carbocycles. The summed E-state index contributed by atoms with van der Waals surface area (Å²) in [6.07, 6.45) is 5.30. The quantitative estimate of drug-likeness (QED) is 0.682. The van der Waals surface area contributed by atoms with Gasteiger partial charge in [0, 0.05) is 28.2 Å². The summed E-state index contributed by atoms with van der Waals surface area (Å²) in [6.45, 7) is 0. The van der Waals surface area contributed by atoms with Crippen LogP contribution in [0.5, 0.6) is 0 Å². The van der Waals surface area contributed by atoms with E-state index in [9.17, 15) is 4.79 Å². The lowest BCUT2D eigenvalue weighted by atomic mass is 10.1. The van der Waals surface area contributed by atoms with E-state index >= 15 is 0 Å². The van der Waals surface area contributed by atoms with E-state index < -0.39 is 0 Å². The van der Waals surface area contributed by atoms with Crippen molar-refractivity contribution in [3.8, 4) is 0 Å². The lowest BCUT2D eigenvalue weighted by molar-refractivity contribution is -0.103. The van der Waals surface area contributed by atoms with Crippen molar-refractivity contribution in [2.75, 3.05) is 0 Å². The summed E-state index contributed by atoms with van der Waals surface area (Å²) >= 11 is 3.32. The van der Waals surface area contributed by atoms with Gasteiger partial charge < -0.3 is 0 Å². The minimum Gasteiger partial charge on any atom is -0.298 e. The molecule has 1 aromatic heterocycles. The highest BCUT2D eigenvalue weighted by atomic mass is 79.9. The Morgan fingerprint density at radius 1 is 1.58 bits per heavy atom. The first kappa shape index (κ1) is 7.68. The number of rotatable bonds is 1. The SMILES string of the molecule is O=CC1=CCc2ncc(Br)cc21. The zero-order valence-corrected chi connectivity index (χ0v) is 7.84. The maximum absolute atomic E-state index is 10.6. The topological polar surface area (TPSA) is 30.0 Å². The third-order valence-corrected chi connectivity index (χ3v) is 2.32. The number of allylic oxidation sites excluding steroid dienone is 2. The van der Waals surface area contributed by atoms with Gasteiger partial charge in [-0.2, -0.15) is 0 Å². The molecule has 2 nitrogen and oxygen atoms in total. The Morgan fingerprint density at radius 3 is 3.17 bits per heavy atom. The van der Waals surface area contributed by atoms with Crippen LogP contribution in [-0.2, 0) is 11.2 Å². The molecule has 0 fully saturated rings. The fourth-order valence-corrected chi connectivity index (χ4v) is 1.64. The monoisotopic (exact) mass is 223 g/mol. The van der Waals surface area contributed by atoms with Gasteiger partial charge in [-0.3, -0.25) is 9.78 Å². The molecule has 1 heterocycles. The van der Waals surface area contributed by atoms with Crippen LogP contribution in [0.1, 0.15) is 11.3 Å². The molecule has 0 radical (unpaired) electrons. The molecule has 1 aliphatic carbocycles. The van der Waals surface area contributed by atoms with Gasteiger partial charge in [0.25, 0.3) is 0 Å². The lowest BCUT2D eigenvalue weighted by Gasteiger charge is -1.98. The standard InChI is InChI=1S/C9H6BrNO/c10-7-3-8-6(5-12)1-2-9(8)11-4-7/h1,3-5H,2H2. The Balaban J connectivity index is 2.57. The van der Waals surface area contributed by atoms with Crippen molar-refractivity contribution < 1.29 is 4.79 Å². The molecule has 2 rings (SSSR count). The number of hydrogen-bond donors (Lipinski definition) is 0. The molecular weight excluding hydrogens is 218 g/mol. The van der Waals surface area contributed by atoms with Crippen molar-refractivity contribution in [2.45, 2.75) is 6.42 Å². The van der Waals surface area contributed by atoms with E-state index in [-0.39, 0.29) is 0 Å². The largest absolute Gasteiger partial charge is 0.298 e. The van der Waals surface area contributed by atoms with Crippen molar-refractivity contribution in [3.05, 3.63) is 34.1 Å². The van der Waals surface area contributed by atoms with E-state index in [2.05, 4.69) is 20.9 Å². The van der Waals surface area contributed by atoms with Crippen molar-refractivity contribution in [3.63, 3.8) is 0 Å². The van der Waals surface area contributed by atoms with Crippen LogP contribution < -0.4 is 0 Å². The van der Waals surface area contributed by atoms with Gasteiger partial charge in [0.1, 0.15) is 6.29 Å². The fraction of sp³-hybridized carbons (Fsp3) is 0.111. The second-order valence-corrected chi connectivity index (χ2v) is 3.54. The van der Waals surface area contributed by atoms with Crippen LogP contribution in [0.2, 0.25) is 0 Å². The minimum absolute atomic E-state index is 0.749. The van der Waals surface area contributed by atoms with Crippen LogP contribution in [0.25, 0.3) is 5.57 Å². The van der Waals surface area contributed by atoms with Crippen LogP contribution >= 0.6 is 15.9 Å². The van der Waals surface area contributed by atoms with Gasteiger partial charge >= 0.3 is 0 Å². The summed E-state index contributed by atoms with van der Waals surface area (Å²) in [4.78, 5) is 14.8. The number of carbonyl (C=O) groups is 1. The van der Waals surface area contributed by atoms with Crippen LogP contribution in [0.4, 0.5) is 0 Å². The van der Waals surface area contributed by atoms with E-state index in [0.717, 1.165) is 34.0 Å². The molecule has 0 aliphatic heterocycles. The van der Waals surface area contributed by atoms with E-state index in [0.29, 0.717) is 0 Å². The molecule has 0 bridgehead atoms. The van der Waals surface area contributed by atoms with Gasteiger partial charge in [0.2, 0.25) is 0 Å². The molecule has 0 atom stereocenters. The molecule has 1 aromatic rings. The number of carbonyl (C=O) groups excluding carboxylic acids is 1. The second kappa shape index (κ2) is 2.83. The Labute approximate surface area is 78.4 Å². The Hall–Kier alpha value is -0.960. The number of fused-ring (bicyclic) bond motifs is 1. The average Bonchev–Trinajstić information content (AvgIpc) is 2.46. The van der Waals surface area contributed by atoms with Crippen LogP contribution in [0, 0.1) is 0 Å². The molecule has 3 heteroatoms. The molecule has 0 saturated heterocycles. The maximum atomic E-state index is 10.6. The molecule has 0 amide bonds. The number of aldehydes is 1. The highest BCUT2D eigenvalue weighted by Gasteiger charge is 2.14. The molecule has 0 aromatic carbocycles. The van der Waals surface area contributed by atoms with Crippen molar-refractivity contribution >= 4 is 27.8 Å². The maximum Gasteiger partial charge on any atom is 0.150 e. The second-order valence-electron chi connectivity index (χ2n) is 2.63. The molecule has 0 N–H and O–H groups in total. The predicted octanol–water partition coefficient (Wildman–Crippen LogP) is 1.98. The van der Waals surface area contributed by atoms with Gasteiger partial charge in [0.05, 0.1) is 5.69 Å². The summed E-state index contributed by atoms with van der Waals surface area (Å²) in [6, 6.07) is 1.93. The van der Waals surface area contributed by atoms with E-state index in [4.69, 9.17) is 0 Å². The summed E-state index contributed by atoms with van der Waals surface area (Å²) in [7, 11) is 0. The normalized spacial score (nSPS) is 13.9. The fourth-order valence-electron chi connectivity index (χ4n) is 1.31. The predicted molar refractivity (Wildman–Crippen MR) is 49.7 cm³/mol. The smallest absolute Gasteiger partial charge is 0.150 e. The molecule has 0 spiro atoms. The highest BCUT2D eigenvalue weighted by molar-refractivity contribution is 9.10. The Morgan fingerprint density at radius 2 is 2.42 bits per heavy atom. The van der Waals surface area contributed by atoms with Crippen molar-refractivity contribution in [2.24, 2.45) is 0 Å². The zero-order valence-electron chi connectivity index (χ0n) is 6.25. The number of halogens is 1. The molecule has 0 unspecified atom stereocenters. The van der Waals surface area contributed by atoms with Gasteiger partial charge in [-0.25, -0.2) is 0 Å². The summed E-state index contributed by atoms with van der Waals surface area (Å²) in [5, 5.41) is 0. The van der Waals surface area contributed by atoms with E-state index in [1.165, 1.54) is 0 Å². The van der Waals surface area contributed by atoms with Crippen LogP contribution in [0.15, 0.2) is 22.8 Å². The molecule has 60 valence electrons. The molecule has 1 aliphatic rings. The van der Waals surface area contributed by atoms with Gasteiger partial charge in [-0.15, -0.1) is 0 Å².